The van der Waals surface area contributed by atoms with Gasteiger partial charge in [0, 0.05) is 6.07 Å². The summed E-state index contributed by atoms with van der Waals surface area (Å²) in [6, 6.07) is 16.3. The number of rotatable bonds is 9. The molecule has 0 saturated heterocycles. The zero-order valence-corrected chi connectivity index (χ0v) is 17.2. The first-order chi connectivity index (χ1) is 15.6. The van der Waals surface area contributed by atoms with Crippen LogP contribution in [0.2, 0.25) is 0 Å². The lowest BCUT2D eigenvalue weighted by molar-refractivity contribution is -0.123. The molecular weight excluding hydrogens is 417 g/mol. The van der Waals surface area contributed by atoms with Gasteiger partial charge in [-0.2, -0.15) is 4.52 Å². The largest absolute Gasteiger partial charge is 0.496 e. The third-order valence-corrected chi connectivity index (χ3v) is 4.44. The summed E-state index contributed by atoms with van der Waals surface area (Å²) in [5.74, 6) is 1.25. The van der Waals surface area contributed by atoms with Crippen LogP contribution in [-0.2, 0) is 4.79 Å². The summed E-state index contributed by atoms with van der Waals surface area (Å²) in [6.07, 6.45) is 0. The van der Waals surface area contributed by atoms with Gasteiger partial charge < -0.3 is 19.5 Å². The molecular formula is C22H20FN5O4. The number of aromatic nitrogens is 4. The fourth-order valence-corrected chi connectivity index (χ4v) is 2.92. The maximum Gasteiger partial charge on any atom is 0.258 e. The predicted molar refractivity (Wildman–Crippen MR) is 113 cm³/mol. The molecule has 0 aliphatic carbocycles. The van der Waals surface area contributed by atoms with E-state index in [2.05, 4.69) is 20.6 Å². The summed E-state index contributed by atoms with van der Waals surface area (Å²) in [5, 5.41) is 15.5. The van der Waals surface area contributed by atoms with Gasteiger partial charge in [-0.15, -0.1) is 15.3 Å². The van der Waals surface area contributed by atoms with E-state index in [1.54, 1.807) is 23.8 Å². The summed E-state index contributed by atoms with van der Waals surface area (Å²) in [7, 11) is 1.59. The molecule has 2 aromatic carbocycles. The third-order valence-electron chi connectivity index (χ3n) is 4.44. The van der Waals surface area contributed by atoms with E-state index in [4.69, 9.17) is 14.2 Å². The second-order valence-corrected chi connectivity index (χ2v) is 6.61. The van der Waals surface area contributed by atoms with Crippen molar-refractivity contribution < 1.29 is 23.4 Å². The Labute approximate surface area is 182 Å². The van der Waals surface area contributed by atoms with E-state index in [0.29, 0.717) is 28.9 Å². The van der Waals surface area contributed by atoms with Gasteiger partial charge in [-0.1, -0.05) is 12.1 Å². The summed E-state index contributed by atoms with van der Waals surface area (Å²) in [4.78, 5) is 11.9. The lowest BCUT2D eigenvalue weighted by Gasteiger charge is -2.09. The second-order valence-electron chi connectivity index (χ2n) is 6.61. The topological polar surface area (TPSA) is 99.9 Å². The van der Waals surface area contributed by atoms with Crippen LogP contribution in [0.3, 0.4) is 0 Å². The predicted octanol–water partition coefficient (Wildman–Crippen LogP) is 2.51. The molecule has 4 aromatic rings. The lowest BCUT2D eigenvalue weighted by atomic mass is 10.2. The average Bonchev–Trinajstić information content (AvgIpc) is 3.24. The van der Waals surface area contributed by atoms with Gasteiger partial charge in [0.25, 0.3) is 5.91 Å². The quantitative estimate of drug-likeness (QED) is 0.402. The number of hydrogen-bond acceptors (Lipinski definition) is 7. The third kappa shape index (κ3) is 4.91. The van der Waals surface area contributed by atoms with Crippen LogP contribution in [0.15, 0.2) is 60.7 Å². The van der Waals surface area contributed by atoms with Crippen LogP contribution >= 0.6 is 0 Å². The van der Waals surface area contributed by atoms with Crippen molar-refractivity contribution in [1.82, 2.24) is 25.1 Å². The lowest BCUT2D eigenvalue weighted by Crippen LogP contribution is -2.32. The van der Waals surface area contributed by atoms with E-state index in [0.717, 1.165) is 5.56 Å². The summed E-state index contributed by atoms with van der Waals surface area (Å²) >= 11 is 0. The summed E-state index contributed by atoms with van der Waals surface area (Å²) < 4.78 is 30.8. The molecule has 0 fully saturated rings. The number of carbonyl (C=O) groups is 1. The Morgan fingerprint density at radius 1 is 1.03 bits per heavy atom. The van der Waals surface area contributed by atoms with Gasteiger partial charge in [0.1, 0.15) is 23.9 Å². The van der Waals surface area contributed by atoms with E-state index in [1.165, 1.54) is 24.3 Å². The number of ether oxygens (including phenoxy) is 3. The molecule has 0 unspecified atom stereocenters. The minimum atomic E-state index is -0.368. The van der Waals surface area contributed by atoms with Crippen LogP contribution in [0.25, 0.3) is 17.0 Å². The molecule has 0 spiro atoms. The SMILES string of the molecule is COc1ccccc1-c1nnc2ccc(OCCNC(=O)COc3ccc(F)cc3)nn12. The first-order valence-corrected chi connectivity index (χ1v) is 9.78. The molecule has 1 N–H and O–H groups in total. The highest BCUT2D eigenvalue weighted by Crippen LogP contribution is 2.28. The molecule has 0 bridgehead atoms. The summed E-state index contributed by atoms with van der Waals surface area (Å²) in [6.45, 7) is 0.276. The van der Waals surface area contributed by atoms with Crippen LogP contribution < -0.4 is 19.5 Å². The number of methoxy groups -OCH3 is 1. The van der Waals surface area contributed by atoms with Crippen LogP contribution in [0.4, 0.5) is 4.39 Å². The minimum absolute atomic E-state index is 0.182. The normalized spacial score (nSPS) is 10.7. The van der Waals surface area contributed by atoms with Gasteiger partial charge in [0.05, 0.1) is 19.2 Å². The smallest absolute Gasteiger partial charge is 0.258 e. The number of amides is 1. The molecule has 2 aromatic heterocycles. The van der Waals surface area contributed by atoms with Crippen molar-refractivity contribution in [2.75, 3.05) is 26.9 Å². The zero-order chi connectivity index (χ0) is 22.3. The molecule has 1 amide bonds. The molecule has 0 saturated carbocycles. The van der Waals surface area contributed by atoms with E-state index in [9.17, 15) is 9.18 Å². The standard InChI is InChI=1S/C22H20FN5O4/c1-30-18-5-3-2-4-17(18)22-26-25-19-10-11-21(27-28(19)22)31-13-12-24-20(29)14-32-16-8-6-15(23)7-9-16/h2-11H,12-14H2,1H3,(H,24,29). The molecule has 9 nitrogen and oxygen atoms in total. The van der Waals surface area contributed by atoms with Crippen molar-refractivity contribution in [3.05, 3.63) is 66.5 Å². The Morgan fingerprint density at radius 2 is 1.84 bits per heavy atom. The number of benzene rings is 2. The van der Waals surface area contributed by atoms with Crippen molar-refractivity contribution in [2.45, 2.75) is 0 Å². The monoisotopic (exact) mass is 437 g/mol. The van der Waals surface area contributed by atoms with Crippen LogP contribution in [0.5, 0.6) is 17.4 Å². The molecule has 4 rings (SSSR count). The number of nitrogens with zero attached hydrogens (tertiary/aromatic N) is 4. The molecule has 0 aliphatic heterocycles. The van der Waals surface area contributed by atoms with Crippen molar-refractivity contribution in [3.8, 4) is 28.8 Å². The van der Waals surface area contributed by atoms with E-state index in [1.807, 2.05) is 24.3 Å². The van der Waals surface area contributed by atoms with Crippen molar-refractivity contribution >= 4 is 11.6 Å². The maximum absolute atomic E-state index is 12.9. The van der Waals surface area contributed by atoms with Gasteiger partial charge in [0.15, 0.2) is 18.1 Å². The molecule has 10 heteroatoms. The van der Waals surface area contributed by atoms with Gasteiger partial charge >= 0.3 is 0 Å². The molecule has 164 valence electrons. The van der Waals surface area contributed by atoms with E-state index in [-0.39, 0.29) is 31.5 Å². The highest BCUT2D eigenvalue weighted by molar-refractivity contribution is 5.77. The highest BCUT2D eigenvalue weighted by Gasteiger charge is 2.14. The Morgan fingerprint density at radius 3 is 2.66 bits per heavy atom. The Bertz CT molecular complexity index is 1210. The zero-order valence-electron chi connectivity index (χ0n) is 17.2. The molecule has 0 radical (unpaired) electrons. The number of nitrogens with one attached hydrogen (secondary N) is 1. The molecule has 2 heterocycles. The van der Waals surface area contributed by atoms with Crippen molar-refractivity contribution in [3.63, 3.8) is 0 Å². The highest BCUT2D eigenvalue weighted by atomic mass is 19.1. The Kier molecular flexibility index (Phi) is 6.40. The van der Waals surface area contributed by atoms with E-state index < -0.39 is 0 Å². The molecule has 0 atom stereocenters. The van der Waals surface area contributed by atoms with Gasteiger partial charge in [0.2, 0.25) is 5.88 Å². The van der Waals surface area contributed by atoms with Crippen molar-refractivity contribution in [2.24, 2.45) is 0 Å². The Balaban J connectivity index is 1.32. The second kappa shape index (κ2) is 9.73. The molecule has 32 heavy (non-hydrogen) atoms. The van der Waals surface area contributed by atoms with Crippen LogP contribution in [-0.4, -0.2) is 52.6 Å². The fourth-order valence-electron chi connectivity index (χ4n) is 2.92. The van der Waals surface area contributed by atoms with Gasteiger partial charge in [-0.05, 0) is 42.5 Å². The van der Waals surface area contributed by atoms with Crippen LogP contribution in [0, 0.1) is 5.82 Å². The Hall–Kier alpha value is -4.21. The number of fused-ring (bicyclic) bond motifs is 1. The van der Waals surface area contributed by atoms with Crippen molar-refractivity contribution in [1.29, 1.82) is 0 Å². The average molecular weight is 437 g/mol. The van der Waals surface area contributed by atoms with Crippen LogP contribution in [0.1, 0.15) is 0 Å². The number of para-hydroxylation sites is 1. The minimum Gasteiger partial charge on any atom is -0.496 e. The number of hydrogen-bond donors (Lipinski definition) is 1. The molecule has 0 aliphatic rings. The summed E-state index contributed by atoms with van der Waals surface area (Å²) in [5.41, 5.74) is 1.31. The number of halogens is 1. The fraction of sp³-hybridized carbons (Fsp3) is 0.182. The van der Waals surface area contributed by atoms with Gasteiger partial charge in [-0.25, -0.2) is 4.39 Å². The number of carbonyl (C=O) groups excluding carboxylic acids is 1. The first kappa shape index (κ1) is 21.0. The first-order valence-electron chi connectivity index (χ1n) is 9.78. The van der Waals surface area contributed by atoms with E-state index >= 15 is 0 Å². The maximum atomic E-state index is 12.9. The van der Waals surface area contributed by atoms with Gasteiger partial charge in [-0.3, -0.25) is 4.79 Å².